The van der Waals surface area contributed by atoms with Gasteiger partial charge in [0.1, 0.15) is 5.82 Å². The SMILES string of the molecule is Fc1ccc(CNC2CCOC2C2CC2)cc1Br. The van der Waals surface area contributed by atoms with Gasteiger partial charge in [-0.05, 0) is 58.8 Å². The molecule has 0 bridgehead atoms. The van der Waals surface area contributed by atoms with Crippen LogP contribution in [-0.4, -0.2) is 18.8 Å². The van der Waals surface area contributed by atoms with Crippen molar-refractivity contribution in [2.75, 3.05) is 6.61 Å². The molecule has 1 aliphatic carbocycles. The van der Waals surface area contributed by atoms with Crippen LogP contribution in [0.4, 0.5) is 4.39 Å². The van der Waals surface area contributed by atoms with Crippen molar-refractivity contribution in [3.05, 3.63) is 34.1 Å². The fourth-order valence-corrected chi connectivity index (χ4v) is 3.04. The highest BCUT2D eigenvalue weighted by Crippen LogP contribution is 2.38. The maximum atomic E-state index is 13.1. The molecule has 1 N–H and O–H groups in total. The van der Waals surface area contributed by atoms with E-state index < -0.39 is 0 Å². The van der Waals surface area contributed by atoms with Crippen LogP contribution in [0.3, 0.4) is 0 Å². The largest absolute Gasteiger partial charge is 0.376 e. The van der Waals surface area contributed by atoms with Gasteiger partial charge in [-0.25, -0.2) is 4.39 Å². The molecule has 4 heteroatoms. The Morgan fingerprint density at radius 2 is 2.17 bits per heavy atom. The molecule has 18 heavy (non-hydrogen) atoms. The lowest BCUT2D eigenvalue weighted by Crippen LogP contribution is -2.37. The zero-order valence-corrected chi connectivity index (χ0v) is 11.7. The van der Waals surface area contributed by atoms with Crippen LogP contribution in [0.1, 0.15) is 24.8 Å². The van der Waals surface area contributed by atoms with Gasteiger partial charge in [0.05, 0.1) is 10.6 Å². The van der Waals surface area contributed by atoms with Crippen molar-refractivity contribution in [1.82, 2.24) is 5.32 Å². The lowest BCUT2D eigenvalue weighted by Gasteiger charge is -2.19. The molecule has 3 rings (SSSR count). The van der Waals surface area contributed by atoms with Gasteiger partial charge in [0.2, 0.25) is 0 Å². The van der Waals surface area contributed by atoms with E-state index >= 15 is 0 Å². The molecule has 1 heterocycles. The summed E-state index contributed by atoms with van der Waals surface area (Å²) in [4.78, 5) is 0. The number of nitrogens with one attached hydrogen (secondary N) is 1. The second-order valence-electron chi connectivity index (χ2n) is 5.20. The Balaban J connectivity index is 1.58. The molecular formula is C14H17BrFNO. The summed E-state index contributed by atoms with van der Waals surface area (Å²) in [6.45, 7) is 1.64. The first-order chi connectivity index (χ1) is 8.74. The van der Waals surface area contributed by atoms with Gasteiger partial charge in [0.25, 0.3) is 0 Å². The third kappa shape index (κ3) is 2.76. The minimum atomic E-state index is -0.209. The van der Waals surface area contributed by atoms with Gasteiger partial charge < -0.3 is 10.1 Å². The van der Waals surface area contributed by atoms with Crippen LogP contribution in [0, 0.1) is 11.7 Å². The minimum Gasteiger partial charge on any atom is -0.376 e. The van der Waals surface area contributed by atoms with Gasteiger partial charge in [-0.2, -0.15) is 0 Å². The molecule has 1 saturated carbocycles. The number of benzene rings is 1. The van der Waals surface area contributed by atoms with Crippen LogP contribution in [0.15, 0.2) is 22.7 Å². The average molecular weight is 314 g/mol. The molecule has 0 spiro atoms. The predicted molar refractivity (Wildman–Crippen MR) is 71.8 cm³/mol. The Labute approximate surface area is 115 Å². The third-order valence-electron chi connectivity index (χ3n) is 3.77. The molecule has 98 valence electrons. The molecule has 1 aromatic rings. The number of hydrogen-bond donors (Lipinski definition) is 1. The normalized spacial score (nSPS) is 27.7. The molecular weight excluding hydrogens is 297 g/mol. The van der Waals surface area contributed by atoms with Gasteiger partial charge in [-0.1, -0.05) is 6.07 Å². The van der Waals surface area contributed by atoms with Crippen LogP contribution < -0.4 is 5.32 Å². The highest BCUT2D eigenvalue weighted by atomic mass is 79.9. The van der Waals surface area contributed by atoms with Gasteiger partial charge in [0.15, 0.2) is 0 Å². The molecule has 1 aromatic carbocycles. The molecule has 0 aromatic heterocycles. The number of rotatable bonds is 4. The van der Waals surface area contributed by atoms with Gasteiger partial charge >= 0.3 is 0 Å². The summed E-state index contributed by atoms with van der Waals surface area (Å²) in [5.41, 5.74) is 1.10. The molecule has 2 nitrogen and oxygen atoms in total. The van der Waals surface area contributed by atoms with Gasteiger partial charge in [-0.3, -0.25) is 0 Å². The van der Waals surface area contributed by atoms with Crippen LogP contribution in [-0.2, 0) is 11.3 Å². The molecule has 2 unspecified atom stereocenters. The summed E-state index contributed by atoms with van der Waals surface area (Å²) in [6, 6.07) is 5.63. The third-order valence-corrected chi connectivity index (χ3v) is 4.38. The molecule has 1 aliphatic heterocycles. The predicted octanol–water partition coefficient (Wildman–Crippen LogP) is 3.25. The minimum absolute atomic E-state index is 0.209. The smallest absolute Gasteiger partial charge is 0.137 e. The summed E-state index contributed by atoms with van der Waals surface area (Å²) in [5.74, 6) is 0.559. The van der Waals surface area contributed by atoms with Gasteiger partial charge in [-0.15, -0.1) is 0 Å². The summed E-state index contributed by atoms with van der Waals surface area (Å²) in [7, 11) is 0. The van der Waals surface area contributed by atoms with Crippen LogP contribution in [0.2, 0.25) is 0 Å². The molecule has 1 saturated heterocycles. The Kier molecular flexibility index (Phi) is 3.68. The van der Waals surface area contributed by atoms with E-state index in [1.54, 1.807) is 0 Å². The summed E-state index contributed by atoms with van der Waals surface area (Å²) >= 11 is 3.22. The van der Waals surface area contributed by atoms with E-state index in [0.717, 1.165) is 31.1 Å². The topological polar surface area (TPSA) is 21.3 Å². The fraction of sp³-hybridized carbons (Fsp3) is 0.571. The maximum absolute atomic E-state index is 13.1. The number of halogens is 2. The summed E-state index contributed by atoms with van der Waals surface area (Å²) in [6.07, 6.45) is 4.10. The second-order valence-corrected chi connectivity index (χ2v) is 6.05. The average Bonchev–Trinajstić information content (AvgIpc) is 3.10. The first kappa shape index (κ1) is 12.6. The maximum Gasteiger partial charge on any atom is 0.137 e. The summed E-state index contributed by atoms with van der Waals surface area (Å²) in [5, 5.41) is 3.55. The molecule has 2 fully saturated rings. The van der Waals surface area contributed by atoms with Crippen molar-refractivity contribution < 1.29 is 9.13 Å². The van der Waals surface area contributed by atoms with Crippen molar-refractivity contribution >= 4 is 15.9 Å². The van der Waals surface area contributed by atoms with E-state index in [0.29, 0.717) is 16.6 Å². The summed E-state index contributed by atoms with van der Waals surface area (Å²) < 4.78 is 19.4. The first-order valence-corrected chi connectivity index (χ1v) is 7.32. The molecule has 0 amide bonds. The van der Waals surface area contributed by atoms with Crippen LogP contribution in [0.25, 0.3) is 0 Å². The van der Waals surface area contributed by atoms with Crippen molar-refractivity contribution in [2.24, 2.45) is 5.92 Å². The standard InChI is InChI=1S/C14H17BrFNO/c15-11-7-9(1-4-12(11)16)8-17-13-5-6-18-14(13)10-2-3-10/h1,4,7,10,13-14,17H,2-3,5-6,8H2. The number of hydrogen-bond acceptors (Lipinski definition) is 2. The fourth-order valence-electron chi connectivity index (χ4n) is 2.62. The van der Waals surface area contributed by atoms with E-state index in [9.17, 15) is 4.39 Å². The monoisotopic (exact) mass is 313 g/mol. The number of ether oxygens (including phenoxy) is 1. The van der Waals surface area contributed by atoms with E-state index in [1.165, 1.54) is 18.9 Å². The Bertz CT molecular complexity index is 436. The lowest BCUT2D eigenvalue weighted by molar-refractivity contribution is 0.0809. The van der Waals surface area contributed by atoms with Crippen molar-refractivity contribution in [3.63, 3.8) is 0 Å². The first-order valence-electron chi connectivity index (χ1n) is 6.53. The lowest BCUT2D eigenvalue weighted by atomic mass is 10.1. The van der Waals surface area contributed by atoms with Crippen molar-refractivity contribution in [3.8, 4) is 0 Å². The van der Waals surface area contributed by atoms with E-state index in [-0.39, 0.29) is 5.82 Å². The Hall–Kier alpha value is -0.450. The molecule has 2 aliphatic rings. The zero-order valence-electron chi connectivity index (χ0n) is 10.2. The van der Waals surface area contributed by atoms with E-state index in [2.05, 4.69) is 21.2 Å². The molecule has 0 radical (unpaired) electrons. The zero-order chi connectivity index (χ0) is 12.5. The molecule has 2 atom stereocenters. The Morgan fingerprint density at radius 1 is 1.33 bits per heavy atom. The highest BCUT2D eigenvalue weighted by Gasteiger charge is 2.40. The quantitative estimate of drug-likeness (QED) is 0.921. The van der Waals surface area contributed by atoms with Crippen LogP contribution in [0.5, 0.6) is 0 Å². The van der Waals surface area contributed by atoms with Crippen molar-refractivity contribution in [1.29, 1.82) is 0 Å². The second kappa shape index (κ2) is 5.27. The van der Waals surface area contributed by atoms with Crippen LogP contribution >= 0.6 is 15.9 Å². The van der Waals surface area contributed by atoms with Crippen molar-refractivity contribution in [2.45, 2.75) is 38.0 Å². The van der Waals surface area contributed by atoms with E-state index in [4.69, 9.17) is 4.74 Å². The van der Waals surface area contributed by atoms with Gasteiger partial charge in [0, 0.05) is 19.2 Å². The highest BCUT2D eigenvalue weighted by molar-refractivity contribution is 9.10. The van der Waals surface area contributed by atoms with E-state index in [1.807, 2.05) is 12.1 Å². The Morgan fingerprint density at radius 3 is 2.89 bits per heavy atom.